The molecule has 2 atom stereocenters. The lowest BCUT2D eigenvalue weighted by Crippen LogP contribution is -2.30. The SMILES string of the molecule is COc1ccc(OC)c(N2C(=S)N[C@H](c3ccccn3)[C@H]2c2cc(C)[nH]c2C)c1. The van der Waals surface area contributed by atoms with E-state index >= 15 is 0 Å². The summed E-state index contributed by atoms with van der Waals surface area (Å²) in [5.41, 5.74) is 5.16. The molecule has 0 aliphatic carbocycles. The maximum Gasteiger partial charge on any atom is 0.174 e. The molecule has 0 radical (unpaired) electrons. The van der Waals surface area contributed by atoms with Gasteiger partial charge < -0.3 is 24.7 Å². The fourth-order valence-electron chi connectivity index (χ4n) is 3.97. The van der Waals surface area contributed by atoms with Gasteiger partial charge in [0.1, 0.15) is 11.5 Å². The highest BCUT2D eigenvalue weighted by Gasteiger charge is 2.42. The van der Waals surface area contributed by atoms with Crippen molar-refractivity contribution in [2.24, 2.45) is 0 Å². The number of hydrogen-bond acceptors (Lipinski definition) is 4. The van der Waals surface area contributed by atoms with Crippen LogP contribution in [-0.4, -0.2) is 29.3 Å². The number of anilines is 1. The lowest BCUT2D eigenvalue weighted by atomic mass is 9.96. The summed E-state index contributed by atoms with van der Waals surface area (Å²) in [6.07, 6.45) is 1.81. The second kappa shape index (κ2) is 7.75. The van der Waals surface area contributed by atoms with Gasteiger partial charge in [0.15, 0.2) is 5.11 Å². The molecule has 1 aliphatic heterocycles. The number of nitrogens with one attached hydrogen (secondary N) is 2. The number of aryl methyl sites for hydroxylation is 2. The third-order valence-corrected chi connectivity index (χ3v) is 5.57. The molecule has 1 aromatic carbocycles. The van der Waals surface area contributed by atoms with E-state index < -0.39 is 0 Å². The van der Waals surface area contributed by atoms with Crippen molar-refractivity contribution in [1.82, 2.24) is 15.3 Å². The monoisotopic (exact) mass is 408 g/mol. The number of methoxy groups -OCH3 is 2. The van der Waals surface area contributed by atoms with Crippen molar-refractivity contribution in [3.05, 3.63) is 71.3 Å². The average molecular weight is 409 g/mol. The summed E-state index contributed by atoms with van der Waals surface area (Å²) in [6.45, 7) is 4.14. The third-order valence-electron chi connectivity index (χ3n) is 5.25. The van der Waals surface area contributed by atoms with Gasteiger partial charge in [-0.15, -0.1) is 0 Å². The van der Waals surface area contributed by atoms with Gasteiger partial charge in [-0.1, -0.05) is 6.07 Å². The Balaban J connectivity index is 1.90. The first kappa shape index (κ1) is 19.3. The van der Waals surface area contributed by atoms with E-state index in [-0.39, 0.29) is 12.1 Å². The van der Waals surface area contributed by atoms with E-state index in [2.05, 4.69) is 40.1 Å². The lowest BCUT2D eigenvalue weighted by Gasteiger charge is -2.29. The Morgan fingerprint density at radius 1 is 1.07 bits per heavy atom. The van der Waals surface area contributed by atoms with Crippen LogP contribution in [0.1, 0.15) is 34.7 Å². The standard InChI is InChI=1S/C22H24N4O2S/c1-13-11-16(14(2)24-13)21-20(17-7-5-6-10-23-17)25-22(29)26(21)18-12-15(27-3)8-9-19(18)28-4/h5-12,20-21,24H,1-4H3,(H,25,29)/t20-,21-/m1/s1. The van der Waals surface area contributed by atoms with E-state index in [1.54, 1.807) is 20.4 Å². The van der Waals surface area contributed by atoms with E-state index in [0.29, 0.717) is 5.11 Å². The van der Waals surface area contributed by atoms with E-state index in [0.717, 1.165) is 39.8 Å². The highest BCUT2D eigenvalue weighted by Crippen LogP contribution is 2.46. The molecular weight excluding hydrogens is 384 g/mol. The quantitative estimate of drug-likeness (QED) is 0.617. The number of pyridine rings is 1. The molecule has 3 heterocycles. The number of aromatic amines is 1. The van der Waals surface area contributed by atoms with Gasteiger partial charge >= 0.3 is 0 Å². The van der Waals surface area contributed by atoms with Crippen LogP contribution in [-0.2, 0) is 0 Å². The second-order valence-electron chi connectivity index (χ2n) is 7.07. The minimum absolute atomic E-state index is 0.0941. The molecule has 1 aliphatic rings. The van der Waals surface area contributed by atoms with Gasteiger partial charge in [0, 0.05) is 23.7 Å². The van der Waals surface area contributed by atoms with Crippen LogP contribution >= 0.6 is 12.2 Å². The van der Waals surface area contributed by atoms with Crippen molar-refractivity contribution in [3.8, 4) is 11.5 Å². The summed E-state index contributed by atoms with van der Waals surface area (Å²) in [7, 11) is 3.31. The molecular formula is C22H24N4O2S. The minimum atomic E-state index is -0.103. The van der Waals surface area contributed by atoms with E-state index in [4.69, 9.17) is 21.7 Å². The third kappa shape index (κ3) is 3.42. The maximum absolute atomic E-state index is 5.79. The molecule has 6 nitrogen and oxygen atoms in total. The zero-order valence-corrected chi connectivity index (χ0v) is 17.7. The lowest BCUT2D eigenvalue weighted by molar-refractivity contribution is 0.403. The number of thiocarbonyl (C=S) groups is 1. The summed E-state index contributed by atoms with van der Waals surface area (Å²) >= 11 is 5.79. The highest BCUT2D eigenvalue weighted by atomic mass is 32.1. The van der Waals surface area contributed by atoms with Crippen LogP contribution in [0.4, 0.5) is 5.69 Å². The van der Waals surface area contributed by atoms with E-state index in [1.807, 2.05) is 36.4 Å². The Bertz CT molecular complexity index is 1030. The molecule has 4 rings (SSSR count). The van der Waals surface area contributed by atoms with Crippen LogP contribution in [0.5, 0.6) is 11.5 Å². The zero-order chi connectivity index (χ0) is 20.5. The molecule has 0 spiro atoms. The second-order valence-corrected chi connectivity index (χ2v) is 7.45. The molecule has 3 aromatic rings. The predicted octanol–water partition coefficient (Wildman–Crippen LogP) is 4.22. The van der Waals surface area contributed by atoms with Crippen molar-refractivity contribution >= 4 is 23.0 Å². The molecule has 2 N–H and O–H groups in total. The summed E-state index contributed by atoms with van der Waals surface area (Å²) in [6, 6.07) is 13.6. The first-order valence-electron chi connectivity index (χ1n) is 9.42. The molecule has 0 unspecified atom stereocenters. The number of benzene rings is 1. The molecule has 1 saturated heterocycles. The number of nitrogens with zero attached hydrogens (tertiary/aromatic N) is 2. The Labute approximate surface area is 175 Å². The van der Waals surface area contributed by atoms with Gasteiger partial charge in [-0.05, 0) is 62.0 Å². The molecule has 1 fully saturated rings. The molecule has 2 aromatic heterocycles. The average Bonchev–Trinajstić information content (AvgIpc) is 3.25. The number of aromatic nitrogens is 2. The van der Waals surface area contributed by atoms with Gasteiger partial charge in [-0.2, -0.15) is 0 Å². The molecule has 7 heteroatoms. The fourth-order valence-corrected chi connectivity index (χ4v) is 4.31. The Kier molecular flexibility index (Phi) is 5.15. The van der Waals surface area contributed by atoms with Crippen molar-refractivity contribution < 1.29 is 9.47 Å². The predicted molar refractivity (Wildman–Crippen MR) is 118 cm³/mol. The maximum atomic E-state index is 5.79. The number of H-pyrrole nitrogens is 1. The highest BCUT2D eigenvalue weighted by molar-refractivity contribution is 7.80. The van der Waals surface area contributed by atoms with Gasteiger partial charge in [-0.3, -0.25) is 4.98 Å². The van der Waals surface area contributed by atoms with Crippen LogP contribution in [0.25, 0.3) is 0 Å². The van der Waals surface area contributed by atoms with Gasteiger partial charge in [0.05, 0.1) is 37.7 Å². The topological polar surface area (TPSA) is 62.4 Å². The van der Waals surface area contributed by atoms with Crippen LogP contribution in [0.15, 0.2) is 48.7 Å². The van der Waals surface area contributed by atoms with E-state index in [1.165, 1.54) is 0 Å². The van der Waals surface area contributed by atoms with Crippen LogP contribution in [0.3, 0.4) is 0 Å². The molecule has 0 amide bonds. The number of ether oxygens (including phenoxy) is 2. The summed E-state index contributed by atoms with van der Waals surface area (Å²) in [4.78, 5) is 10.1. The summed E-state index contributed by atoms with van der Waals surface area (Å²) in [5, 5.41) is 4.10. The summed E-state index contributed by atoms with van der Waals surface area (Å²) in [5.74, 6) is 1.47. The van der Waals surface area contributed by atoms with Crippen LogP contribution < -0.4 is 19.7 Å². The van der Waals surface area contributed by atoms with Gasteiger partial charge in [0.2, 0.25) is 0 Å². The van der Waals surface area contributed by atoms with Gasteiger partial charge in [0.25, 0.3) is 0 Å². The Hall–Kier alpha value is -3.06. The first-order chi connectivity index (χ1) is 14.0. The Morgan fingerprint density at radius 2 is 1.90 bits per heavy atom. The smallest absolute Gasteiger partial charge is 0.174 e. The molecule has 29 heavy (non-hydrogen) atoms. The number of rotatable bonds is 5. The van der Waals surface area contributed by atoms with E-state index in [9.17, 15) is 0 Å². The van der Waals surface area contributed by atoms with Crippen molar-refractivity contribution in [1.29, 1.82) is 0 Å². The molecule has 0 saturated carbocycles. The first-order valence-corrected chi connectivity index (χ1v) is 9.83. The fraction of sp³-hybridized carbons (Fsp3) is 0.273. The molecule has 150 valence electrons. The zero-order valence-electron chi connectivity index (χ0n) is 16.9. The van der Waals surface area contributed by atoms with Gasteiger partial charge in [-0.25, -0.2) is 0 Å². The minimum Gasteiger partial charge on any atom is -0.497 e. The van der Waals surface area contributed by atoms with Crippen molar-refractivity contribution in [3.63, 3.8) is 0 Å². The van der Waals surface area contributed by atoms with Crippen LogP contribution in [0.2, 0.25) is 0 Å². The summed E-state index contributed by atoms with van der Waals surface area (Å²) < 4.78 is 11.1. The molecule has 0 bridgehead atoms. The number of hydrogen-bond donors (Lipinski definition) is 2. The van der Waals surface area contributed by atoms with Crippen molar-refractivity contribution in [2.45, 2.75) is 25.9 Å². The normalized spacial score (nSPS) is 18.6. The largest absolute Gasteiger partial charge is 0.497 e. The van der Waals surface area contributed by atoms with Crippen LogP contribution in [0, 0.1) is 13.8 Å². The Morgan fingerprint density at radius 3 is 2.52 bits per heavy atom. The van der Waals surface area contributed by atoms with Crippen molar-refractivity contribution in [2.75, 3.05) is 19.1 Å².